The number of hydrogen-bond donors (Lipinski definition) is 1. The summed E-state index contributed by atoms with van der Waals surface area (Å²) in [5, 5.41) is 2.65. The summed E-state index contributed by atoms with van der Waals surface area (Å²) in [6.45, 7) is 3.00. The number of benzene rings is 2. The second kappa shape index (κ2) is 12.6. The van der Waals surface area contributed by atoms with E-state index in [0.717, 1.165) is 47.5 Å². The monoisotopic (exact) mass is 431 g/mol. The van der Waals surface area contributed by atoms with Gasteiger partial charge >= 0.3 is 0 Å². The van der Waals surface area contributed by atoms with E-state index in [9.17, 15) is 4.79 Å². The Kier molecular flexibility index (Phi) is 9.23. The number of carbonyl (C=O) groups excluding carboxylic acids is 1. The molecule has 3 rings (SSSR count). The van der Waals surface area contributed by atoms with Gasteiger partial charge in [-0.1, -0.05) is 69.0 Å². The average molecular weight is 432 g/mol. The molecule has 168 valence electrons. The molecule has 0 bridgehead atoms. The van der Waals surface area contributed by atoms with Crippen LogP contribution in [-0.2, 0) is 11.2 Å². The van der Waals surface area contributed by atoms with Gasteiger partial charge in [-0.3, -0.25) is 4.79 Å². The molecule has 2 aromatic carbocycles. The molecule has 0 saturated heterocycles. The van der Waals surface area contributed by atoms with Crippen LogP contribution >= 0.6 is 0 Å². The molecule has 0 aliphatic heterocycles. The third-order valence-electron chi connectivity index (χ3n) is 5.49. The lowest BCUT2D eigenvalue weighted by Gasteiger charge is -2.08. The summed E-state index contributed by atoms with van der Waals surface area (Å²) in [6, 6.07) is 16.2. The first-order chi connectivity index (χ1) is 15.7. The smallest absolute Gasteiger partial charge is 0.220 e. The second-order valence-electron chi connectivity index (χ2n) is 7.95. The van der Waals surface area contributed by atoms with Gasteiger partial charge in [-0.25, -0.2) is 9.97 Å². The van der Waals surface area contributed by atoms with Crippen LogP contribution in [0.3, 0.4) is 0 Å². The number of nitrogens with one attached hydrogen (secondary N) is 1. The number of unbranched alkanes of at least 4 members (excludes halogenated alkanes) is 4. The van der Waals surface area contributed by atoms with Crippen molar-refractivity contribution >= 4 is 5.91 Å². The normalized spacial score (nSPS) is 10.7. The summed E-state index contributed by atoms with van der Waals surface area (Å²) in [4.78, 5) is 20.5. The molecule has 32 heavy (non-hydrogen) atoms. The van der Waals surface area contributed by atoms with Gasteiger partial charge in [0, 0.05) is 37.0 Å². The molecular weight excluding hydrogens is 398 g/mol. The fourth-order valence-corrected chi connectivity index (χ4v) is 3.47. The van der Waals surface area contributed by atoms with E-state index in [2.05, 4.69) is 22.2 Å². The lowest BCUT2D eigenvalue weighted by molar-refractivity contribution is -0.120. The van der Waals surface area contributed by atoms with E-state index in [1.54, 1.807) is 7.05 Å². The second-order valence-corrected chi connectivity index (χ2v) is 7.95. The molecule has 0 radical (unpaired) electrons. The molecule has 0 unspecified atom stereocenters. The molecule has 1 N–H and O–H groups in total. The zero-order valence-corrected chi connectivity index (χ0v) is 19.1. The van der Waals surface area contributed by atoms with E-state index in [0.29, 0.717) is 12.2 Å². The van der Waals surface area contributed by atoms with Gasteiger partial charge in [0.15, 0.2) is 5.82 Å². The molecule has 1 aromatic heterocycles. The van der Waals surface area contributed by atoms with E-state index in [1.165, 1.54) is 25.7 Å². The summed E-state index contributed by atoms with van der Waals surface area (Å²) < 4.78 is 5.85. The third kappa shape index (κ3) is 7.19. The van der Waals surface area contributed by atoms with Gasteiger partial charge in [0.25, 0.3) is 0 Å². The van der Waals surface area contributed by atoms with Gasteiger partial charge in [-0.05, 0) is 36.1 Å². The quantitative estimate of drug-likeness (QED) is 0.366. The highest BCUT2D eigenvalue weighted by Crippen LogP contribution is 2.23. The molecule has 0 atom stereocenters. The third-order valence-corrected chi connectivity index (χ3v) is 5.49. The van der Waals surface area contributed by atoms with Crippen LogP contribution in [0.5, 0.6) is 5.75 Å². The van der Waals surface area contributed by atoms with Gasteiger partial charge < -0.3 is 10.1 Å². The van der Waals surface area contributed by atoms with Crippen LogP contribution in [-0.4, -0.2) is 29.5 Å². The molecule has 0 aliphatic carbocycles. The van der Waals surface area contributed by atoms with Crippen LogP contribution in [0.1, 0.15) is 51.0 Å². The Labute approximate surface area is 191 Å². The van der Waals surface area contributed by atoms with E-state index >= 15 is 0 Å². The summed E-state index contributed by atoms with van der Waals surface area (Å²) in [5.41, 5.74) is 4.12. The molecule has 0 aliphatic rings. The van der Waals surface area contributed by atoms with Gasteiger partial charge in [0.05, 0.1) is 6.61 Å². The van der Waals surface area contributed by atoms with Crippen molar-refractivity contribution in [2.24, 2.45) is 0 Å². The maximum absolute atomic E-state index is 11.4. The largest absolute Gasteiger partial charge is 0.494 e. The predicted octanol–water partition coefficient (Wildman–Crippen LogP) is 5.84. The van der Waals surface area contributed by atoms with Crippen LogP contribution in [0.4, 0.5) is 0 Å². The average Bonchev–Trinajstić information content (AvgIpc) is 2.85. The van der Waals surface area contributed by atoms with Crippen molar-refractivity contribution in [3.63, 3.8) is 0 Å². The number of aryl methyl sites for hydroxylation is 1. The van der Waals surface area contributed by atoms with Crippen molar-refractivity contribution in [1.82, 2.24) is 15.3 Å². The summed E-state index contributed by atoms with van der Waals surface area (Å²) >= 11 is 0. The zero-order valence-electron chi connectivity index (χ0n) is 19.1. The highest BCUT2D eigenvalue weighted by Gasteiger charge is 2.05. The van der Waals surface area contributed by atoms with Crippen molar-refractivity contribution in [2.45, 2.75) is 51.9 Å². The van der Waals surface area contributed by atoms with Crippen LogP contribution in [0, 0.1) is 0 Å². The molecule has 0 spiro atoms. The van der Waals surface area contributed by atoms with E-state index in [4.69, 9.17) is 4.74 Å². The topological polar surface area (TPSA) is 64.1 Å². The Balaban J connectivity index is 1.53. The lowest BCUT2D eigenvalue weighted by Crippen LogP contribution is -2.17. The molecule has 5 heteroatoms. The van der Waals surface area contributed by atoms with Crippen molar-refractivity contribution in [2.75, 3.05) is 13.7 Å². The Morgan fingerprint density at radius 3 is 2.16 bits per heavy atom. The van der Waals surface area contributed by atoms with Gasteiger partial charge in [0.1, 0.15) is 5.75 Å². The van der Waals surface area contributed by atoms with Gasteiger partial charge in [0.2, 0.25) is 5.91 Å². The van der Waals surface area contributed by atoms with Crippen molar-refractivity contribution in [3.8, 4) is 28.3 Å². The minimum atomic E-state index is 0.0509. The Morgan fingerprint density at radius 2 is 1.50 bits per heavy atom. The van der Waals surface area contributed by atoms with Crippen LogP contribution in [0.15, 0.2) is 60.9 Å². The summed E-state index contributed by atoms with van der Waals surface area (Å²) in [6.07, 6.45) is 11.1. The fourth-order valence-electron chi connectivity index (χ4n) is 3.47. The number of rotatable bonds is 12. The maximum atomic E-state index is 11.4. The molecule has 0 fully saturated rings. The predicted molar refractivity (Wildman–Crippen MR) is 130 cm³/mol. The maximum Gasteiger partial charge on any atom is 0.220 e. The Morgan fingerprint density at radius 1 is 0.844 bits per heavy atom. The number of aromatic nitrogens is 2. The van der Waals surface area contributed by atoms with Crippen LogP contribution in [0.25, 0.3) is 22.5 Å². The molecular formula is C27H33N3O2. The summed E-state index contributed by atoms with van der Waals surface area (Å²) in [5.74, 6) is 1.64. The van der Waals surface area contributed by atoms with E-state index in [-0.39, 0.29) is 5.91 Å². The molecule has 5 nitrogen and oxygen atoms in total. The minimum absolute atomic E-state index is 0.0509. The number of nitrogens with zero attached hydrogens (tertiary/aromatic N) is 2. The SMILES string of the molecule is CCCCCCCOc1ccc(-c2cnc(-c3ccc(CCC(=O)NC)cc3)nc2)cc1. The number of amides is 1. The summed E-state index contributed by atoms with van der Waals surface area (Å²) in [7, 11) is 1.66. The fraction of sp³-hybridized carbons (Fsp3) is 0.370. The van der Waals surface area contributed by atoms with Crippen molar-refractivity contribution in [3.05, 3.63) is 66.5 Å². The molecule has 0 saturated carbocycles. The van der Waals surface area contributed by atoms with Crippen LogP contribution in [0.2, 0.25) is 0 Å². The first kappa shape index (κ1) is 23.5. The highest BCUT2D eigenvalue weighted by molar-refractivity contribution is 5.75. The molecule has 3 aromatic rings. The number of carbonyl (C=O) groups is 1. The minimum Gasteiger partial charge on any atom is -0.494 e. The van der Waals surface area contributed by atoms with Crippen LogP contribution < -0.4 is 10.1 Å². The standard InChI is InChI=1S/C27H33N3O2/c1-3-4-5-6-7-18-32-25-15-13-22(14-16-25)24-19-29-27(30-20-24)23-11-8-21(9-12-23)10-17-26(31)28-2/h8-9,11-16,19-20H,3-7,10,17-18H2,1-2H3,(H,28,31). The van der Waals surface area contributed by atoms with Crippen molar-refractivity contribution in [1.29, 1.82) is 0 Å². The Bertz CT molecular complexity index is 952. The first-order valence-corrected chi connectivity index (χ1v) is 11.5. The Hall–Kier alpha value is -3.21. The highest BCUT2D eigenvalue weighted by atomic mass is 16.5. The van der Waals surface area contributed by atoms with E-state index < -0.39 is 0 Å². The molecule has 1 heterocycles. The molecule has 1 amide bonds. The zero-order chi connectivity index (χ0) is 22.6. The van der Waals surface area contributed by atoms with Gasteiger partial charge in [-0.15, -0.1) is 0 Å². The first-order valence-electron chi connectivity index (χ1n) is 11.5. The van der Waals surface area contributed by atoms with Crippen molar-refractivity contribution < 1.29 is 9.53 Å². The number of hydrogen-bond acceptors (Lipinski definition) is 4. The lowest BCUT2D eigenvalue weighted by atomic mass is 10.1. The van der Waals surface area contributed by atoms with Gasteiger partial charge in [-0.2, -0.15) is 0 Å². The number of ether oxygens (including phenoxy) is 1. The van der Waals surface area contributed by atoms with E-state index in [1.807, 2.05) is 60.9 Å².